The molecule has 0 aromatic carbocycles. The molecule has 1 saturated heterocycles. The molecule has 8 heteroatoms. The van der Waals surface area contributed by atoms with Gasteiger partial charge in [-0.05, 0) is 31.4 Å². The number of nitrogens with zero attached hydrogens (tertiary/aromatic N) is 2. The average molecular weight is 372 g/mol. The molecule has 1 N–H and O–H groups in total. The number of nitrogens with one attached hydrogen (secondary N) is 1. The minimum absolute atomic E-state index is 0.00537. The lowest BCUT2D eigenvalue weighted by Crippen LogP contribution is -2.47. The van der Waals surface area contributed by atoms with E-state index in [1.54, 1.807) is 10.5 Å². The molecule has 1 fully saturated rings. The number of amides is 1. The fraction of sp³-hybridized carbons (Fsp3) is 0.625. The highest BCUT2D eigenvalue weighted by molar-refractivity contribution is 7.99. The van der Waals surface area contributed by atoms with E-state index in [2.05, 4.69) is 10.3 Å². The van der Waals surface area contributed by atoms with E-state index < -0.39 is 10.0 Å². The van der Waals surface area contributed by atoms with Gasteiger partial charge in [0.05, 0.1) is 17.2 Å². The van der Waals surface area contributed by atoms with Crippen molar-refractivity contribution >= 4 is 27.7 Å². The lowest BCUT2D eigenvalue weighted by Gasteiger charge is -2.31. The van der Waals surface area contributed by atoms with E-state index in [9.17, 15) is 13.2 Å². The average Bonchev–Trinajstić information content (AvgIpc) is 2.56. The highest BCUT2D eigenvalue weighted by Crippen LogP contribution is 2.16. The molecule has 0 spiro atoms. The Bertz CT molecular complexity index is 615. The first kappa shape index (κ1) is 19.2. The minimum atomic E-state index is -3.12. The van der Waals surface area contributed by atoms with Gasteiger partial charge in [-0.25, -0.2) is 12.7 Å². The second-order valence-corrected chi connectivity index (χ2v) is 8.94. The Hall–Kier alpha value is -1.12. The van der Waals surface area contributed by atoms with E-state index in [0.717, 1.165) is 5.69 Å². The summed E-state index contributed by atoms with van der Waals surface area (Å²) in [6, 6.07) is 5.82. The van der Waals surface area contributed by atoms with Gasteiger partial charge in [0.15, 0.2) is 0 Å². The summed E-state index contributed by atoms with van der Waals surface area (Å²) in [5.74, 6) is 1.31. The van der Waals surface area contributed by atoms with Gasteiger partial charge >= 0.3 is 0 Å². The van der Waals surface area contributed by atoms with E-state index in [4.69, 9.17) is 0 Å². The van der Waals surface area contributed by atoms with E-state index in [-0.39, 0.29) is 17.7 Å². The summed E-state index contributed by atoms with van der Waals surface area (Å²) in [5, 5.41) is 3.01. The number of hydrogen-bond donors (Lipinski definition) is 1. The van der Waals surface area contributed by atoms with E-state index in [0.29, 0.717) is 43.9 Å². The predicted molar refractivity (Wildman–Crippen MR) is 97.2 cm³/mol. The van der Waals surface area contributed by atoms with Crippen molar-refractivity contribution < 1.29 is 13.2 Å². The Labute approximate surface area is 148 Å². The van der Waals surface area contributed by atoms with Gasteiger partial charge in [0.1, 0.15) is 0 Å². The van der Waals surface area contributed by atoms with Crippen molar-refractivity contribution in [2.24, 2.45) is 0 Å². The summed E-state index contributed by atoms with van der Waals surface area (Å²) in [4.78, 5) is 16.2. The number of carbonyl (C=O) groups is 1. The number of sulfonamides is 1. The largest absolute Gasteiger partial charge is 0.353 e. The number of carbonyl (C=O) groups excluding carboxylic acids is 1. The second kappa shape index (κ2) is 9.39. The molecule has 0 aliphatic carbocycles. The maximum atomic E-state index is 12.0. The summed E-state index contributed by atoms with van der Waals surface area (Å²) in [6.45, 7) is 2.86. The highest BCUT2D eigenvalue weighted by Gasteiger charge is 2.27. The molecular weight excluding hydrogens is 346 g/mol. The van der Waals surface area contributed by atoms with Crippen LogP contribution in [0, 0.1) is 0 Å². The van der Waals surface area contributed by atoms with Gasteiger partial charge in [-0.1, -0.05) is 13.0 Å². The Morgan fingerprint density at radius 2 is 2.12 bits per heavy atom. The topological polar surface area (TPSA) is 79.4 Å². The molecule has 24 heavy (non-hydrogen) atoms. The molecule has 0 unspecified atom stereocenters. The van der Waals surface area contributed by atoms with Gasteiger partial charge in [0.25, 0.3) is 0 Å². The fourth-order valence-electron chi connectivity index (χ4n) is 2.67. The molecule has 6 nitrogen and oxygen atoms in total. The zero-order valence-electron chi connectivity index (χ0n) is 14.0. The van der Waals surface area contributed by atoms with Crippen LogP contribution in [-0.2, 0) is 20.6 Å². The molecule has 1 aliphatic rings. The maximum absolute atomic E-state index is 12.0. The van der Waals surface area contributed by atoms with Gasteiger partial charge in [-0.15, -0.1) is 11.8 Å². The number of hydrogen-bond acceptors (Lipinski definition) is 5. The molecule has 2 heterocycles. The zero-order valence-corrected chi connectivity index (χ0v) is 15.6. The van der Waals surface area contributed by atoms with Crippen LogP contribution in [0.2, 0.25) is 0 Å². The molecule has 1 aromatic rings. The van der Waals surface area contributed by atoms with Crippen LogP contribution in [0.3, 0.4) is 0 Å². The van der Waals surface area contributed by atoms with Gasteiger partial charge in [0, 0.05) is 31.1 Å². The van der Waals surface area contributed by atoms with Crippen molar-refractivity contribution in [1.29, 1.82) is 0 Å². The first-order chi connectivity index (χ1) is 11.5. The number of piperidine rings is 1. The lowest BCUT2D eigenvalue weighted by molar-refractivity contribution is -0.119. The molecule has 0 bridgehead atoms. The third-order valence-corrected chi connectivity index (χ3v) is 6.93. The Kier molecular flexibility index (Phi) is 7.51. The summed E-state index contributed by atoms with van der Waals surface area (Å²) in [7, 11) is -3.12. The molecule has 1 aliphatic heterocycles. The number of pyridine rings is 1. The quantitative estimate of drug-likeness (QED) is 0.751. The molecule has 134 valence electrons. The SMILES string of the molecule is CCCS(=O)(=O)N1CCC(NC(=O)CSCc2ccccn2)CC1. The van der Waals surface area contributed by atoms with E-state index in [1.165, 1.54) is 11.8 Å². The fourth-order valence-corrected chi connectivity index (χ4v) is 4.96. The van der Waals surface area contributed by atoms with Crippen LogP contribution in [0.25, 0.3) is 0 Å². The summed E-state index contributed by atoms with van der Waals surface area (Å²) >= 11 is 1.53. The maximum Gasteiger partial charge on any atom is 0.230 e. The van der Waals surface area contributed by atoms with Crippen molar-refractivity contribution in [3.8, 4) is 0 Å². The Morgan fingerprint density at radius 1 is 1.38 bits per heavy atom. The number of thioether (sulfide) groups is 1. The summed E-state index contributed by atoms with van der Waals surface area (Å²) in [5.41, 5.74) is 0.963. The highest BCUT2D eigenvalue weighted by atomic mass is 32.2. The van der Waals surface area contributed by atoms with Crippen molar-refractivity contribution in [2.75, 3.05) is 24.6 Å². The monoisotopic (exact) mass is 371 g/mol. The second-order valence-electron chi connectivity index (χ2n) is 5.87. The Balaban J connectivity index is 1.67. The number of rotatable bonds is 8. The standard InChI is InChI=1S/C16H25N3O3S2/c1-2-11-24(21,22)19-9-6-14(7-10-19)18-16(20)13-23-12-15-5-3-4-8-17-15/h3-5,8,14H,2,6-7,9-13H2,1H3,(H,18,20). The third-order valence-electron chi connectivity index (χ3n) is 3.88. The normalized spacial score (nSPS) is 16.9. The van der Waals surface area contributed by atoms with Crippen molar-refractivity contribution in [2.45, 2.75) is 38.0 Å². The first-order valence-corrected chi connectivity index (χ1v) is 11.0. The van der Waals surface area contributed by atoms with E-state index in [1.807, 2.05) is 25.1 Å². The molecule has 1 amide bonds. The predicted octanol–water partition coefficient (Wildman–Crippen LogP) is 1.64. The van der Waals surface area contributed by atoms with Gasteiger partial charge in [-0.2, -0.15) is 0 Å². The van der Waals surface area contributed by atoms with Crippen molar-refractivity contribution in [3.05, 3.63) is 30.1 Å². The van der Waals surface area contributed by atoms with E-state index >= 15 is 0 Å². The van der Waals surface area contributed by atoms with Crippen LogP contribution in [0.4, 0.5) is 0 Å². The molecule has 0 atom stereocenters. The molecular formula is C16H25N3O3S2. The van der Waals surface area contributed by atoms with Crippen molar-refractivity contribution in [1.82, 2.24) is 14.6 Å². The van der Waals surface area contributed by atoms with Crippen LogP contribution in [0.1, 0.15) is 31.9 Å². The third kappa shape index (κ3) is 6.07. The number of aromatic nitrogens is 1. The molecule has 2 rings (SSSR count). The van der Waals surface area contributed by atoms with Gasteiger partial charge in [-0.3, -0.25) is 9.78 Å². The lowest BCUT2D eigenvalue weighted by atomic mass is 10.1. The van der Waals surface area contributed by atoms with Crippen molar-refractivity contribution in [3.63, 3.8) is 0 Å². The zero-order chi connectivity index (χ0) is 17.4. The molecule has 0 radical (unpaired) electrons. The van der Waals surface area contributed by atoms with Crippen LogP contribution in [0.5, 0.6) is 0 Å². The summed E-state index contributed by atoms with van der Waals surface area (Å²) < 4.78 is 25.6. The van der Waals surface area contributed by atoms with Gasteiger partial charge in [0.2, 0.25) is 15.9 Å². The smallest absolute Gasteiger partial charge is 0.230 e. The first-order valence-electron chi connectivity index (χ1n) is 8.26. The van der Waals surface area contributed by atoms with Crippen LogP contribution in [0.15, 0.2) is 24.4 Å². The van der Waals surface area contributed by atoms with Crippen LogP contribution >= 0.6 is 11.8 Å². The van der Waals surface area contributed by atoms with Crippen LogP contribution < -0.4 is 5.32 Å². The minimum Gasteiger partial charge on any atom is -0.353 e. The molecule has 0 saturated carbocycles. The summed E-state index contributed by atoms with van der Waals surface area (Å²) in [6.07, 6.45) is 3.74. The Morgan fingerprint density at radius 3 is 2.75 bits per heavy atom. The molecule has 1 aromatic heterocycles. The van der Waals surface area contributed by atoms with Gasteiger partial charge < -0.3 is 5.32 Å². The van der Waals surface area contributed by atoms with Crippen LogP contribution in [-0.4, -0.2) is 54.3 Å².